The molecule has 5 rings (SSSR count). The number of aromatic amines is 2. The van der Waals surface area contributed by atoms with Crippen molar-refractivity contribution in [2.75, 3.05) is 11.9 Å². The SMILES string of the molecule is N=Cc1ccccc1NCC(F)(F)F.O=c1[nH]cc(-c2cc(C3CC3)c3ncc(F)n3n2)c(=O)[nH]1. The smallest absolute Gasteiger partial charge is 0.376 e. The van der Waals surface area contributed by atoms with Gasteiger partial charge < -0.3 is 15.7 Å². The van der Waals surface area contributed by atoms with Crippen molar-refractivity contribution in [3.05, 3.63) is 80.6 Å². The van der Waals surface area contributed by atoms with Crippen molar-refractivity contribution in [3.8, 4) is 11.3 Å². The first kappa shape index (κ1) is 23.9. The molecule has 0 unspecified atom stereocenters. The maximum atomic E-state index is 13.8. The van der Waals surface area contributed by atoms with Gasteiger partial charge in [-0.3, -0.25) is 9.78 Å². The molecule has 0 atom stereocenters. The van der Waals surface area contributed by atoms with Gasteiger partial charge in [0.05, 0.1) is 17.5 Å². The van der Waals surface area contributed by atoms with Gasteiger partial charge in [0.15, 0.2) is 5.65 Å². The normalized spacial score (nSPS) is 13.3. The lowest BCUT2D eigenvalue weighted by Gasteiger charge is -2.11. The molecule has 3 aromatic heterocycles. The zero-order valence-corrected chi connectivity index (χ0v) is 18.0. The summed E-state index contributed by atoms with van der Waals surface area (Å²) < 4.78 is 50.4. The molecule has 4 N–H and O–H groups in total. The van der Waals surface area contributed by atoms with Crippen LogP contribution in [-0.4, -0.2) is 43.5 Å². The number of nitrogens with zero attached hydrogens (tertiary/aromatic N) is 3. The maximum Gasteiger partial charge on any atom is 0.405 e. The van der Waals surface area contributed by atoms with E-state index >= 15 is 0 Å². The topological polar surface area (TPSA) is 132 Å². The van der Waals surface area contributed by atoms with E-state index in [2.05, 4.69) is 25.4 Å². The molecule has 1 aliphatic rings. The minimum Gasteiger partial charge on any atom is -0.376 e. The van der Waals surface area contributed by atoms with Gasteiger partial charge in [-0.1, -0.05) is 18.2 Å². The van der Waals surface area contributed by atoms with Crippen LogP contribution in [0.15, 0.2) is 52.3 Å². The fourth-order valence-electron chi connectivity index (χ4n) is 3.37. The van der Waals surface area contributed by atoms with Crippen molar-refractivity contribution in [1.29, 1.82) is 5.41 Å². The van der Waals surface area contributed by atoms with E-state index in [0.29, 0.717) is 28.5 Å². The van der Waals surface area contributed by atoms with Crippen LogP contribution in [0.25, 0.3) is 16.9 Å². The first-order chi connectivity index (χ1) is 16.7. The number of para-hydroxylation sites is 1. The molecular formula is C22H19F4N7O2. The molecule has 0 aliphatic heterocycles. The second kappa shape index (κ2) is 9.52. The standard InChI is InChI=1S/C13H10FN5O2.C9H9F3N2/c14-10-5-15-11-7(6-1-2-6)3-9(18-19(10)11)8-4-16-13(21)17-12(8)20;10-9(11,12)6-14-8-4-2-1-3-7(8)5-13/h3-6H,1-2H2,(H2,16,17,20,21);1-5,13-14H,6H2. The minimum atomic E-state index is -4.24. The Labute approximate surface area is 194 Å². The molecular weight excluding hydrogens is 470 g/mol. The first-order valence-electron chi connectivity index (χ1n) is 10.4. The van der Waals surface area contributed by atoms with Crippen molar-refractivity contribution in [1.82, 2.24) is 24.6 Å². The molecule has 1 aromatic carbocycles. The van der Waals surface area contributed by atoms with Crippen LogP contribution in [-0.2, 0) is 0 Å². The number of imidazole rings is 1. The Balaban J connectivity index is 0.000000181. The van der Waals surface area contributed by atoms with Crippen molar-refractivity contribution in [2.45, 2.75) is 24.9 Å². The van der Waals surface area contributed by atoms with Crippen molar-refractivity contribution < 1.29 is 17.6 Å². The van der Waals surface area contributed by atoms with E-state index in [1.54, 1.807) is 24.3 Å². The summed E-state index contributed by atoms with van der Waals surface area (Å²) in [6.45, 7) is -1.09. The second-order valence-electron chi connectivity index (χ2n) is 7.76. The Bertz CT molecular complexity index is 1490. The van der Waals surface area contributed by atoms with Gasteiger partial charge in [-0.25, -0.2) is 9.78 Å². The van der Waals surface area contributed by atoms with Crippen LogP contribution in [0, 0.1) is 11.4 Å². The first-order valence-corrected chi connectivity index (χ1v) is 10.4. The molecule has 182 valence electrons. The van der Waals surface area contributed by atoms with Crippen LogP contribution in [0.4, 0.5) is 23.2 Å². The predicted octanol–water partition coefficient (Wildman–Crippen LogP) is 3.45. The van der Waals surface area contributed by atoms with Crippen LogP contribution in [0.3, 0.4) is 0 Å². The minimum absolute atomic E-state index is 0.187. The number of rotatable bonds is 5. The zero-order chi connectivity index (χ0) is 25.2. The molecule has 4 aromatic rings. The number of aromatic nitrogens is 5. The summed E-state index contributed by atoms with van der Waals surface area (Å²) in [6, 6.07) is 8.10. The van der Waals surface area contributed by atoms with Gasteiger partial charge in [-0.15, -0.1) is 0 Å². The third-order valence-electron chi connectivity index (χ3n) is 5.16. The number of hydrogen-bond donors (Lipinski definition) is 4. The van der Waals surface area contributed by atoms with Gasteiger partial charge in [-0.2, -0.15) is 27.2 Å². The molecule has 13 heteroatoms. The molecule has 3 heterocycles. The van der Waals surface area contributed by atoms with Crippen LogP contribution in [0.5, 0.6) is 0 Å². The molecule has 9 nitrogen and oxygen atoms in total. The average molecular weight is 489 g/mol. The van der Waals surface area contributed by atoms with Gasteiger partial charge in [0.2, 0.25) is 5.95 Å². The average Bonchev–Trinajstić information content (AvgIpc) is 3.60. The lowest BCUT2D eigenvalue weighted by molar-refractivity contribution is -0.115. The van der Waals surface area contributed by atoms with E-state index in [0.717, 1.165) is 35.3 Å². The predicted molar refractivity (Wildman–Crippen MR) is 120 cm³/mol. The van der Waals surface area contributed by atoms with E-state index < -0.39 is 29.9 Å². The Kier molecular flexibility index (Phi) is 6.49. The third kappa shape index (κ3) is 5.62. The number of halogens is 4. The number of nitrogens with one attached hydrogen (secondary N) is 4. The monoisotopic (exact) mass is 489 g/mol. The van der Waals surface area contributed by atoms with Crippen LogP contribution >= 0.6 is 0 Å². The Morgan fingerprint density at radius 1 is 1.23 bits per heavy atom. The third-order valence-corrected chi connectivity index (χ3v) is 5.16. The number of fused-ring (bicyclic) bond motifs is 1. The van der Waals surface area contributed by atoms with E-state index in [4.69, 9.17) is 5.41 Å². The lowest BCUT2D eigenvalue weighted by atomic mass is 10.1. The number of benzene rings is 1. The molecule has 0 bridgehead atoms. The van der Waals surface area contributed by atoms with Crippen LogP contribution in [0.2, 0.25) is 0 Å². The summed E-state index contributed by atoms with van der Waals surface area (Å²) in [5, 5.41) is 13.3. The Morgan fingerprint density at radius 3 is 2.63 bits per heavy atom. The molecule has 1 aliphatic carbocycles. The zero-order valence-electron chi connectivity index (χ0n) is 18.0. The number of H-pyrrole nitrogens is 2. The summed E-state index contributed by atoms with van der Waals surface area (Å²) in [5.74, 6) is -0.271. The van der Waals surface area contributed by atoms with Crippen molar-refractivity contribution >= 4 is 17.5 Å². The largest absolute Gasteiger partial charge is 0.405 e. The second-order valence-corrected chi connectivity index (χ2v) is 7.76. The van der Waals surface area contributed by atoms with Crippen molar-refractivity contribution in [3.63, 3.8) is 0 Å². The fraction of sp³-hybridized carbons (Fsp3) is 0.227. The van der Waals surface area contributed by atoms with E-state index in [1.165, 1.54) is 12.3 Å². The highest BCUT2D eigenvalue weighted by molar-refractivity contribution is 5.85. The van der Waals surface area contributed by atoms with Gasteiger partial charge in [0, 0.05) is 29.2 Å². The van der Waals surface area contributed by atoms with Crippen LogP contribution < -0.4 is 16.6 Å². The van der Waals surface area contributed by atoms with Crippen molar-refractivity contribution in [2.24, 2.45) is 0 Å². The van der Waals surface area contributed by atoms with Gasteiger partial charge in [0.25, 0.3) is 5.56 Å². The van der Waals surface area contributed by atoms with Gasteiger partial charge >= 0.3 is 11.9 Å². The summed E-state index contributed by atoms with van der Waals surface area (Å²) in [5.41, 5.74) is 1.44. The molecule has 0 saturated heterocycles. The number of alkyl halides is 3. The molecule has 35 heavy (non-hydrogen) atoms. The fourth-order valence-corrected chi connectivity index (χ4v) is 3.37. The van der Waals surface area contributed by atoms with Crippen LogP contribution in [0.1, 0.15) is 29.9 Å². The van der Waals surface area contributed by atoms with Gasteiger partial charge in [-0.05, 0) is 30.9 Å². The molecule has 0 radical (unpaired) electrons. The number of anilines is 1. The molecule has 0 amide bonds. The van der Waals surface area contributed by atoms with Gasteiger partial charge in [0.1, 0.15) is 6.54 Å². The summed E-state index contributed by atoms with van der Waals surface area (Å²) in [6.07, 6.45) is 1.18. The van der Waals surface area contributed by atoms with E-state index in [1.807, 2.05) is 0 Å². The highest BCUT2D eigenvalue weighted by Gasteiger charge is 2.29. The lowest BCUT2D eigenvalue weighted by Crippen LogP contribution is -2.23. The highest BCUT2D eigenvalue weighted by atomic mass is 19.4. The Morgan fingerprint density at radius 2 is 1.97 bits per heavy atom. The quantitative estimate of drug-likeness (QED) is 0.252. The number of hydrogen-bond acceptors (Lipinski definition) is 6. The maximum absolute atomic E-state index is 13.8. The Hall–Kier alpha value is -4.29. The summed E-state index contributed by atoms with van der Waals surface area (Å²) in [4.78, 5) is 31.5. The molecule has 1 saturated carbocycles. The van der Waals surface area contributed by atoms with E-state index in [-0.39, 0.29) is 5.56 Å². The summed E-state index contributed by atoms with van der Waals surface area (Å²) in [7, 11) is 0. The molecule has 1 fully saturated rings. The van der Waals surface area contributed by atoms with E-state index in [9.17, 15) is 27.2 Å². The summed E-state index contributed by atoms with van der Waals surface area (Å²) >= 11 is 0. The molecule has 0 spiro atoms. The highest BCUT2D eigenvalue weighted by Crippen LogP contribution is 2.42.